The summed E-state index contributed by atoms with van der Waals surface area (Å²) in [6.07, 6.45) is 1.23. The van der Waals surface area contributed by atoms with E-state index in [1.807, 2.05) is 36.9 Å². The average Bonchev–Trinajstić information content (AvgIpc) is 3.06. The van der Waals surface area contributed by atoms with E-state index in [1.54, 1.807) is 11.3 Å². The van der Waals surface area contributed by atoms with Crippen molar-refractivity contribution < 1.29 is 9.53 Å². The van der Waals surface area contributed by atoms with Crippen molar-refractivity contribution in [3.8, 4) is 5.75 Å². The zero-order chi connectivity index (χ0) is 18.5. The molecule has 0 bridgehead atoms. The average molecular weight is 394 g/mol. The van der Waals surface area contributed by atoms with Crippen LogP contribution in [0.3, 0.4) is 0 Å². The minimum Gasteiger partial charge on any atom is -0.493 e. The van der Waals surface area contributed by atoms with Gasteiger partial charge in [-0.2, -0.15) is 0 Å². The van der Waals surface area contributed by atoms with Crippen LogP contribution in [0, 0.1) is 13.8 Å². The van der Waals surface area contributed by atoms with Crippen LogP contribution in [0.1, 0.15) is 24.1 Å². The number of aryl methyl sites for hydroxylation is 2. The molecule has 7 heteroatoms. The Morgan fingerprint density at radius 3 is 2.69 bits per heavy atom. The Bertz CT molecular complexity index is 757. The zero-order valence-electron chi connectivity index (χ0n) is 15.2. The highest BCUT2D eigenvalue weighted by Crippen LogP contribution is 2.23. The molecule has 0 saturated carbocycles. The Kier molecular flexibility index (Phi) is 6.38. The van der Waals surface area contributed by atoms with Crippen molar-refractivity contribution in [1.82, 2.24) is 9.88 Å². The summed E-state index contributed by atoms with van der Waals surface area (Å²) in [6.45, 7) is 7.72. The fourth-order valence-electron chi connectivity index (χ4n) is 2.97. The highest BCUT2D eigenvalue weighted by atomic mass is 35.5. The molecule has 1 aromatic carbocycles. The van der Waals surface area contributed by atoms with Gasteiger partial charge in [0, 0.05) is 43.0 Å². The number of rotatable bonds is 6. The smallest absolute Gasteiger partial charge is 0.222 e. The standard InChI is InChI=1S/C19H24ClN3O2S/c1-14-12-16(20)5-6-17(14)25-11-3-4-18(24)22-7-9-23(10-8-22)19-21-15(2)13-26-19/h5-6,12-13H,3-4,7-11H2,1-2H3. The summed E-state index contributed by atoms with van der Waals surface area (Å²) in [5.74, 6) is 1.03. The fraction of sp³-hybridized carbons (Fsp3) is 0.474. The normalized spacial score (nSPS) is 14.6. The first-order chi connectivity index (χ1) is 12.5. The van der Waals surface area contributed by atoms with Crippen LogP contribution in [0.5, 0.6) is 5.75 Å². The van der Waals surface area contributed by atoms with Crippen LogP contribution in [0.25, 0.3) is 0 Å². The molecular formula is C19H24ClN3O2S. The van der Waals surface area contributed by atoms with Gasteiger partial charge in [-0.3, -0.25) is 4.79 Å². The van der Waals surface area contributed by atoms with Crippen molar-refractivity contribution in [3.05, 3.63) is 39.9 Å². The molecule has 1 amide bonds. The Hall–Kier alpha value is -1.79. The third kappa shape index (κ3) is 4.89. The van der Waals surface area contributed by atoms with E-state index >= 15 is 0 Å². The van der Waals surface area contributed by atoms with Gasteiger partial charge in [0.1, 0.15) is 5.75 Å². The van der Waals surface area contributed by atoms with Crippen molar-refractivity contribution in [1.29, 1.82) is 0 Å². The van der Waals surface area contributed by atoms with E-state index < -0.39 is 0 Å². The number of carbonyl (C=O) groups excluding carboxylic acids is 1. The Labute approximate surface area is 163 Å². The summed E-state index contributed by atoms with van der Waals surface area (Å²) in [6, 6.07) is 5.57. The molecule has 0 N–H and O–H groups in total. The Balaban J connectivity index is 1.38. The molecule has 5 nitrogen and oxygen atoms in total. The molecule has 1 aliphatic rings. The predicted octanol–water partition coefficient (Wildman–Crippen LogP) is 3.92. The van der Waals surface area contributed by atoms with E-state index in [1.165, 1.54) is 0 Å². The third-order valence-electron chi connectivity index (χ3n) is 4.44. The van der Waals surface area contributed by atoms with Gasteiger partial charge >= 0.3 is 0 Å². The molecule has 0 atom stereocenters. The summed E-state index contributed by atoms with van der Waals surface area (Å²) in [7, 11) is 0. The number of anilines is 1. The van der Waals surface area contributed by atoms with Gasteiger partial charge in [0.2, 0.25) is 5.91 Å². The molecular weight excluding hydrogens is 370 g/mol. The van der Waals surface area contributed by atoms with Gasteiger partial charge in [-0.25, -0.2) is 4.98 Å². The van der Waals surface area contributed by atoms with Crippen molar-refractivity contribution >= 4 is 34.0 Å². The van der Waals surface area contributed by atoms with Gasteiger partial charge in [-0.15, -0.1) is 11.3 Å². The minimum absolute atomic E-state index is 0.205. The number of amides is 1. The molecule has 0 unspecified atom stereocenters. The molecule has 0 spiro atoms. The lowest BCUT2D eigenvalue weighted by Crippen LogP contribution is -2.48. The molecule has 2 heterocycles. The van der Waals surface area contributed by atoms with Crippen LogP contribution in [0.4, 0.5) is 5.13 Å². The molecule has 140 valence electrons. The highest BCUT2D eigenvalue weighted by molar-refractivity contribution is 7.13. The van der Waals surface area contributed by atoms with E-state index in [0.717, 1.165) is 48.3 Å². The lowest BCUT2D eigenvalue weighted by atomic mass is 10.2. The third-order valence-corrected chi connectivity index (χ3v) is 5.69. The molecule has 1 fully saturated rings. The SMILES string of the molecule is Cc1csc(N2CCN(C(=O)CCCOc3ccc(Cl)cc3C)CC2)n1. The van der Waals surface area contributed by atoms with Gasteiger partial charge in [0.05, 0.1) is 12.3 Å². The van der Waals surface area contributed by atoms with Gasteiger partial charge < -0.3 is 14.5 Å². The highest BCUT2D eigenvalue weighted by Gasteiger charge is 2.22. The maximum Gasteiger partial charge on any atom is 0.222 e. The van der Waals surface area contributed by atoms with Crippen LogP contribution in [0.15, 0.2) is 23.6 Å². The summed E-state index contributed by atoms with van der Waals surface area (Å²) < 4.78 is 5.76. The molecule has 2 aromatic rings. The summed E-state index contributed by atoms with van der Waals surface area (Å²) in [4.78, 5) is 21.1. The van der Waals surface area contributed by atoms with Gasteiger partial charge in [-0.05, 0) is 44.0 Å². The largest absolute Gasteiger partial charge is 0.493 e. The number of thiazole rings is 1. The molecule has 1 aliphatic heterocycles. The first-order valence-electron chi connectivity index (χ1n) is 8.87. The second kappa shape index (κ2) is 8.73. The maximum absolute atomic E-state index is 12.4. The Morgan fingerprint density at radius 2 is 2.04 bits per heavy atom. The minimum atomic E-state index is 0.205. The van der Waals surface area contributed by atoms with Crippen molar-refractivity contribution in [3.63, 3.8) is 0 Å². The first-order valence-corrected chi connectivity index (χ1v) is 10.1. The number of halogens is 1. The molecule has 1 saturated heterocycles. The zero-order valence-corrected chi connectivity index (χ0v) is 16.8. The van der Waals surface area contributed by atoms with E-state index in [-0.39, 0.29) is 5.91 Å². The molecule has 0 aliphatic carbocycles. The van der Waals surface area contributed by atoms with E-state index in [9.17, 15) is 4.79 Å². The van der Waals surface area contributed by atoms with Crippen LogP contribution < -0.4 is 9.64 Å². The van der Waals surface area contributed by atoms with Gasteiger partial charge in [0.15, 0.2) is 5.13 Å². The Morgan fingerprint density at radius 1 is 1.27 bits per heavy atom. The van der Waals surface area contributed by atoms with Crippen molar-refractivity contribution in [2.45, 2.75) is 26.7 Å². The van der Waals surface area contributed by atoms with Crippen LogP contribution in [-0.4, -0.2) is 48.6 Å². The molecule has 0 radical (unpaired) electrons. The lowest BCUT2D eigenvalue weighted by molar-refractivity contribution is -0.131. The first kappa shape index (κ1) is 19.0. The summed E-state index contributed by atoms with van der Waals surface area (Å²) >= 11 is 7.61. The number of hydrogen-bond acceptors (Lipinski definition) is 5. The van der Waals surface area contributed by atoms with Gasteiger partial charge in [-0.1, -0.05) is 11.6 Å². The van der Waals surface area contributed by atoms with Crippen molar-refractivity contribution in [2.75, 3.05) is 37.7 Å². The van der Waals surface area contributed by atoms with Crippen molar-refractivity contribution in [2.24, 2.45) is 0 Å². The van der Waals surface area contributed by atoms with Gasteiger partial charge in [0.25, 0.3) is 0 Å². The number of aromatic nitrogens is 1. The monoisotopic (exact) mass is 393 g/mol. The summed E-state index contributed by atoms with van der Waals surface area (Å²) in [5.41, 5.74) is 2.07. The van der Waals surface area contributed by atoms with E-state index in [0.29, 0.717) is 24.5 Å². The fourth-order valence-corrected chi connectivity index (χ4v) is 4.06. The molecule has 1 aromatic heterocycles. The molecule has 26 heavy (non-hydrogen) atoms. The quantitative estimate of drug-likeness (QED) is 0.698. The van der Waals surface area contributed by atoms with Crippen LogP contribution in [-0.2, 0) is 4.79 Å². The molecule has 3 rings (SSSR count). The predicted molar refractivity (Wildman–Crippen MR) is 107 cm³/mol. The van der Waals surface area contributed by atoms with Crippen LogP contribution in [0.2, 0.25) is 5.02 Å². The summed E-state index contributed by atoms with van der Waals surface area (Å²) in [5, 5.41) is 3.83. The number of piperazine rings is 1. The van der Waals surface area contributed by atoms with Crippen LogP contribution >= 0.6 is 22.9 Å². The second-order valence-electron chi connectivity index (χ2n) is 6.50. The number of ether oxygens (including phenoxy) is 1. The second-order valence-corrected chi connectivity index (χ2v) is 7.77. The number of nitrogens with zero attached hydrogens (tertiary/aromatic N) is 3. The number of hydrogen-bond donors (Lipinski definition) is 0. The topological polar surface area (TPSA) is 45.7 Å². The maximum atomic E-state index is 12.4. The van der Waals surface area contributed by atoms with E-state index in [4.69, 9.17) is 16.3 Å². The van der Waals surface area contributed by atoms with E-state index in [2.05, 4.69) is 15.3 Å². The number of benzene rings is 1. The number of carbonyl (C=O) groups is 1. The lowest BCUT2D eigenvalue weighted by Gasteiger charge is -2.34.